The standard InChI is InChI=1S/C24H34O5Si/c1-24(2,3)30(21-11-7-5-8-12-21,22-13-9-6-10-14-22)29-18-20(26)17-19(25)15-16-23(27)28-4/h5-14,19-20,25-26H,15-18H2,1-4H3/t19-,20-/m1/s1. The largest absolute Gasteiger partial charge is 0.469 e. The third kappa shape index (κ3) is 6.01. The lowest BCUT2D eigenvalue weighted by Gasteiger charge is -2.43. The minimum absolute atomic E-state index is 0.114. The minimum atomic E-state index is -2.72. The van der Waals surface area contributed by atoms with Gasteiger partial charge < -0.3 is 19.4 Å². The van der Waals surface area contributed by atoms with Gasteiger partial charge in [-0.3, -0.25) is 4.79 Å². The van der Waals surface area contributed by atoms with Gasteiger partial charge in [0.05, 0.1) is 25.9 Å². The first-order chi connectivity index (χ1) is 14.2. The summed E-state index contributed by atoms with van der Waals surface area (Å²) in [7, 11) is -1.40. The van der Waals surface area contributed by atoms with E-state index in [-0.39, 0.29) is 36.9 Å². The Labute approximate surface area is 180 Å². The van der Waals surface area contributed by atoms with Gasteiger partial charge >= 0.3 is 5.97 Å². The number of esters is 1. The van der Waals surface area contributed by atoms with E-state index in [1.54, 1.807) is 0 Å². The van der Waals surface area contributed by atoms with Crippen LogP contribution in [-0.4, -0.2) is 50.4 Å². The van der Waals surface area contributed by atoms with Crippen LogP contribution < -0.4 is 10.4 Å². The molecule has 2 aromatic carbocycles. The second kappa shape index (κ2) is 10.9. The second-order valence-electron chi connectivity index (χ2n) is 8.63. The molecule has 0 aliphatic heterocycles. The molecule has 0 amide bonds. The highest BCUT2D eigenvalue weighted by Gasteiger charge is 2.50. The molecule has 0 aromatic heterocycles. The van der Waals surface area contributed by atoms with Gasteiger partial charge in [-0.25, -0.2) is 0 Å². The summed E-state index contributed by atoms with van der Waals surface area (Å²) in [6, 6.07) is 20.4. The Hall–Kier alpha value is -1.99. The molecule has 0 unspecified atom stereocenters. The molecule has 0 bridgehead atoms. The summed E-state index contributed by atoms with van der Waals surface area (Å²) in [5.74, 6) is -0.368. The lowest BCUT2D eigenvalue weighted by atomic mass is 10.1. The third-order valence-corrected chi connectivity index (χ3v) is 10.4. The highest BCUT2D eigenvalue weighted by atomic mass is 28.4. The van der Waals surface area contributed by atoms with Crippen molar-refractivity contribution in [2.45, 2.75) is 57.3 Å². The first kappa shape index (κ1) is 24.3. The average Bonchev–Trinajstić information content (AvgIpc) is 2.73. The van der Waals surface area contributed by atoms with Crippen molar-refractivity contribution < 1.29 is 24.2 Å². The second-order valence-corrected chi connectivity index (χ2v) is 12.9. The fourth-order valence-corrected chi connectivity index (χ4v) is 8.47. The number of rotatable bonds is 10. The molecule has 0 spiro atoms. The Morgan fingerprint density at radius 1 is 0.933 bits per heavy atom. The smallest absolute Gasteiger partial charge is 0.305 e. The predicted octanol–water partition coefficient (Wildman–Crippen LogP) is 2.63. The van der Waals surface area contributed by atoms with E-state index in [4.69, 9.17) is 4.43 Å². The van der Waals surface area contributed by atoms with Crippen molar-refractivity contribution >= 4 is 24.7 Å². The maximum absolute atomic E-state index is 11.3. The molecule has 2 atom stereocenters. The first-order valence-electron chi connectivity index (χ1n) is 10.4. The summed E-state index contributed by atoms with van der Waals surface area (Å²) in [4.78, 5) is 11.3. The number of benzene rings is 2. The molecule has 6 heteroatoms. The molecule has 0 fully saturated rings. The molecule has 0 radical (unpaired) electrons. The van der Waals surface area contributed by atoms with Crippen LogP contribution in [0.1, 0.15) is 40.0 Å². The van der Waals surface area contributed by atoms with Gasteiger partial charge in [0, 0.05) is 12.8 Å². The summed E-state index contributed by atoms with van der Waals surface area (Å²) in [6.07, 6.45) is -1.10. The van der Waals surface area contributed by atoms with Crippen molar-refractivity contribution in [2.24, 2.45) is 0 Å². The monoisotopic (exact) mass is 430 g/mol. The minimum Gasteiger partial charge on any atom is -0.469 e. The van der Waals surface area contributed by atoms with Crippen molar-refractivity contribution in [3.8, 4) is 0 Å². The molecular weight excluding hydrogens is 396 g/mol. The van der Waals surface area contributed by atoms with Gasteiger partial charge in [-0.2, -0.15) is 0 Å². The van der Waals surface area contributed by atoms with E-state index >= 15 is 0 Å². The lowest BCUT2D eigenvalue weighted by Crippen LogP contribution is -2.67. The van der Waals surface area contributed by atoms with Gasteiger partial charge in [-0.05, 0) is 21.8 Å². The van der Waals surface area contributed by atoms with E-state index in [0.717, 1.165) is 10.4 Å². The third-order valence-electron chi connectivity index (χ3n) is 5.36. The van der Waals surface area contributed by atoms with Gasteiger partial charge in [0.15, 0.2) is 0 Å². The summed E-state index contributed by atoms with van der Waals surface area (Å²) in [5.41, 5.74) is 0. The fourth-order valence-electron chi connectivity index (χ4n) is 3.87. The summed E-state index contributed by atoms with van der Waals surface area (Å²) >= 11 is 0. The molecular formula is C24H34O5Si. The Balaban J connectivity index is 2.23. The summed E-state index contributed by atoms with van der Waals surface area (Å²) < 4.78 is 11.3. The summed E-state index contributed by atoms with van der Waals surface area (Å²) in [6.45, 7) is 6.65. The number of hydrogen-bond donors (Lipinski definition) is 2. The molecule has 0 saturated carbocycles. The highest BCUT2D eigenvalue weighted by molar-refractivity contribution is 6.99. The van der Waals surface area contributed by atoms with Crippen LogP contribution >= 0.6 is 0 Å². The number of aliphatic hydroxyl groups excluding tert-OH is 2. The van der Waals surface area contributed by atoms with E-state index in [0.29, 0.717) is 0 Å². The van der Waals surface area contributed by atoms with Crippen LogP contribution in [0.3, 0.4) is 0 Å². The zero-order chi connectivity index (χ0) is 22.2. The highest BCUT2D eigenvalue weighted by Crippen LogP contribution is 2.36. The lowest BCUT2D eigenvalue weighted by molar-refractivity contribution is -0.141. The molecule has 2 N–H and O–H groups in total. The van der Waals surface area contributed by atoms with E-state index in [1.165, 1.54) is 7.11 Å². The van der Waals surface area contributed by atoms with Crippen LogP contribution in [0.25, 0.3) is 0 Å². The molecule has 30 heavy (non-hydrogen) atoms. The van der Waals surface area contributed by atoms with Gasteiger partial charge in [-0.15, -0.1) is 0 Å². The molecule has 0 saturated heterocycles. The van der Waals surface area contributed by atoms with Crippen LogP contribution in [0.15, 0.2) is 60.7 Å². The van der Waals surface area contributed by atoms with Crippen LogP contribution in [0.2, 0.25) is 5.04 Å². The van der Waals surface area contributed by atoms with Gasteiger partial charge in [-0.1, -0.05) is 81.4 Å². The normalized spacial score (nSPS) is 14.2. The number of hydrogen-bond acceptors (Lipinski definition) is 5. The Bertz CT molecular complexity index is 734. The molecule has 2 rings (SSSR count). The number of carbonyl (C=O) groups excluding carboxylic acids is 1. The zero-order valence-corrected chi connectivity index (χ0v) is 19.4. The molecule has 0 heterocycles. The van der Waals surface area contributed by atoms with E-state index in [2.05, 4.69) is 49.8 Å². The van der Waals surface area contributed by atoms with Gasteiger partial charge in [0.25, 0.3) is 8.32 Å². The Morgan fingerprint density at radius 3 is 1.87 bits per heavy atom. The Kier molecular flexibility index (Phi) is 8.79. The molecule has 164 valence electrons. The van der Waals surface area contributed by atoms with Crippen molar-refractivity contribution in [3.63, 3.8) is 0 Å². The van der Waals surface area contributed by atoms with Crippen LogP contribution in [0, 0.1) is 0 Å². The zero-order valence-electron chi connectivity index (χ0n) is 18.4. The van der Waals surface area contributed by atoms with E-state index in [9.17, 15) is 15.0 Å². The van der Waals surface area contributed by atoms with Crippen LogP contribution in [-0.2, 0) is 14.0 Å². The molecule has 0 aliphatic rings. The maximum Gasteiger partial charge on any atom is 0.305 e. The number of ether oxygens (including phenoxy) is 1. The van der Waals surface area contributed by atoms with Crippen molar-refractivity contribution in [3.05, 3.63) is 60.7 Å². The quantitative estimate of drug-likeness (QED) is 0.448. The van der Waals surface area contributed by atoms with Crippen LogP contribution in [0.5, 0.6) is 0 Å². The number of aliphatic hydroxyl groups is 2. The number of carbonyl (C=O) groups is 1. The Morgan fingerprint density at radius 2 is 1.43 bits per heavy atom. The molecule has 5 nitrogen and oxygen atoms in total. The van der Waals surface area contributed by atoms with E-state index in [1.807, 2.05) is 36.4 Å². The average molecular weight is 431 g/mol. The SMILES string of the molecule is COC(=O)CC[C@@H](O)C[C@@H](O)CO[Si](c1ccccc1)(c1ccccc1)C(C)(C)C. The fraction of sp³-hybridized carbons (Fsp3) is 0.458. The van der Waals surface area contributed by atoms with Gasteiger partial charge in [0.2, 0.25) is 0 Å². The molecule has 0 aliphatic carbocycles. The number of methoxy groups -OCH3 is 1. The van der Waals surface area contributed by atoms with Crippen LogP contribution in [0.4, 0.5) is 0 Å². The van der Waals surface area contributed by atoms with Crippen molar-refractivity contribution in [1.29, 1.82) is 0 Å². The van der Waals surface area contributed by atoms with Crippen molar-refractivity contribution in [2.75, 3.05) is 13.7 Å². The van der Waals surface area contributed by atoms with Gasteiger partial charge in [0.1, 0.15) is 0 Å². The predicted molar refractivity (Wildman–Crippen MR) is 121 cm³/mol. The topological polar surface area (TPSA) is 76.0 Å². The molecule has 2 aromatic rings. The summed E-state index contributed by atoms with van der Waals surface area (Å²) in [5, 5.41) is 22.9. The van der Waals surface area contributed by atoms with Crippen molar-refractivity contribution in [1.82, 2.24) is 0 Å². The maximum atomic E-state index is 11.3. The first-order valence-corrected chi connectivity index (χ1v) is 12.3. The van der Waals surface area contributed by atoms with E-state index < -0.39 is 20.5 Å².